The summed E-state index contributed by atoms with van der Waals surface area (Å²) >= 11 is 3.39. The molecule has 4 heteroatoms. The molecule has 0 radical (unpaired) electrons. The summed E-state index contributed by atoms with van der Waals surface area (Å²) in [6.07, 6.45) is 4.44. The maximum atomic E-state index is 4.33. The molecule has 1 fully saturated rings. The molecule has 0 spiro atoms. The summed E-state index contributed by atoms with van der Waals surface area (Å²) in [5.41, 5.74) is 0. The number of aromatic nitrogens is 1. The van der Waals surface area contributed by atoms with Crippen LogP contribution in [-0.4, -0.2) is 36.1 Å². The van der Waals surface area contributed by atoms with E-state index in [9.17, 15) is 0 Å². The highest BCUT2D eigenvalue weighted by Gasteiger charge is 2.17. The number of rotatable bonds is 4. The van der Waals surface area contributed by atoms with E-state index in [1.807, 2.05) is 18.3 Å². The smallest absolute Gasteiger partial charge is 0.125 e. The molecule has 0 aliphatic carbocycles. The van der Waals surface area contributed by atoms with Gasteiger partial charge in [-0.1, -0.05) is 6.92 Å². The summed E-state index contributed by atoms with van der Waals surface area (Å²) in [6, 6.07) is 4.04. The topological polar surface area (TPSA) is 28.2 Å². The van der Waals surface area contributed by atoms with Gasteiger partial charge in [-0.3, -0.25) is 0 Å². The van der Waals surface area contributed by atoms with Crippen LogP contribution in [-0.2, 0) is 0 Å². The standard InChI is InChI=1S/C13H20BrN3/c1-2-17-7-5-11(6-8-17)9-15-13-4-3-12(14)10-16-13/h3-4,10-11H,2,5-9H2,1H3,(H,15,16). The summed E-state index contributed by atoms with van der Waals surface area (Å²) < 4.78 is 1.03. The van der Waals surface area contributed by atoms with Gasteiger partial charge in [0.2, 0.25) is 0 Å². The van der Waals surface area contributed by atoms with Gasteiger partial charge in [0.05, 0.1) is 0 Å². The molecule has 1 aliphatic heterocycles. The second-order valence-electron chi connectivity index (χ2n) is 4.62. The third kappa shape index (κ3) is 3.96. The molecule has 1 aliphatic rings. The number of halogens is 1. The van der Waals surface area contributed by atoms with Crippen molar-refractivity contribution in [2.75, 3.05) is 31.5 Å². The van der Waals surface area contributed by atoms with E-state index >= 15 is 0 Å². The minimum atomic E-state index is 0.795. The molecule has 2 rings (SSSR count). The third-order valence-electron chi connectivity index (χ3n) is 3.45. The van der Waals surface area contributed by atoms with Crippen LogP contribution in [0.3, 0.4) is 0 Å². The van der Waals surface area contributed by atoms with Crippen molar-refractivity contribution in [1.82, 2.24) is 9.88 Å². The Bertz CT molecular complexity index is 331. The molecule has 17 heavy (non-hydrogen) atoms. The first-order valence-electron chi connectivity index (χ1n) is 6.35. The van der Waals surface area contributed by atoms with Gasteiger partial charge in [-0.25, -0.2) is 4.98 Å². The first kappa shape index (κ1) is 12.8. The lowest BCUT2D eigenvalue weighted by Crippen LogP contribution is -2.35. The molecule has 94 valence electrons. The Kier molecular flexibility index (Phi) is 4.80. The molecule has 0 unspecified atom stereocenters. The van der Waals surface area contributed by atoms with Crippen LogP contribution in [0.2, 0.25) is 0 Å². The summed E-state index contributed by atoms with van der Waals surface area (Å²) in [6.45, 7) is 6.97. The minimum absolute atomic E-state index is 0.795. The van der Waals surface area contributed by atoms with Crippen molar-refractivity contribution >= 4 is 21.7 Å². The maximum absolute atomic E-state index is 4.33. The predicted molar refractivity (Wildman–Crippen MR) is 75.3 cm³/mol. The second kappa shape index (κ2) is 6.36. The van der Waals surface area contributed by atoms with Gasteiger partial charge in [0.1, 0.15) is 5.82 Å². The van der Waals surface area contributed by atoms with Gasteiger partial charge in [-0.05, 0) is 66.5 Å². The van der Waals surface area contributed by atoms with Gasteiger partial charge in [-0.15, -0.1) is 0 Å². The number of nitrogens with zero attached hydrogens (tertiary/aromatic N) is 2. The molecule has 1 aromatic rings. The van der Waals surface area contributed by atoms with Crippen LogP contribution in [0, 0.1) is 5.92 Å². The van der Waals surface area contributed by atoms with E-state index in [0.717, 1.165) is 22.8 Å². The fraction of sp³-hybridized carbons (Fsp3) is 0.615. The second-order valence-corrected chi connectivity index (χ2v) is 5.54. The van der Waals surface area contributed by atoms with Crippen molar-refractivity contribution in [2.45, 2.75) is 19.8 Å². The lowest BCUT2D eigenvalue weighted by Gasteiger charge is -2.31. The number of pyridine rings is 1. The van der Waals surface area contributed by atoms with Gasteiger partial charge in [0.15, 0.2) is 0 Å². The molecular formula is C13H20BrN3. The van der Waals surface area contributed by atoms with Crippen molar-refractivity contribution in [1.29, 1.82) is 0 Å². The summed E-state index contributed by atoms with van der Waals surface area (Å²) in [4.78, 5) is 6.85. The minimum Gasteiger partial charge on any atom is -0.370 e. The Morgan fingerprint density at radius 2 is 2.18 bits per heavy atom. The number of anilines is 1. The normalized spacial score (nSPS) is 18.2. The zero-order valence-electron chi connectivity index (χ0n) is 10.3. The highest BCUT2D eigenvalue weighted by Crippen LogP contribution is 2.18. The van der Waals surface area contributed by atoms with E-state index < -0.39 is 0 Å². The van der Waals surface area contributed by atoms with Crippen LogP contribution in [0.25, 0.3) is 0 Å². The zero-order valence-corrected chi connectivity index (χ0v) is 11.9. The van der Waals surface area contributed by atoms with Crippen LogP contribution in [0.5, 0.6) is 0 Å². The number of nitrogens with one attached hydrogen (secondary N) is 1. The van der Waals surface area contributed by atoms with Crippen molar-refractivity contribution in [3.8, 4) is 0 Å². The fourth-order valence-electron chi connectivity index (χ4n) is 2.24. The van der Waals surface area contributed by atoms with Gasteiger partial charge in [-0.2, -0.15) is 0 Å². The van der Waals surface area contributed by atoms with E-state index in [4.69, 9.17) is 0 Å². The molecule has 0 atom stereocenters. The SMILES string of the molecule is CCN1CCC(CNc2ccc(Br)cn2)CC1. The first-order chi connectivity index (χ1) is 8.28. The third-order valence-corrected chi connectivity index (χ3v) is 3.92. The van der Waals surface area contributed by atoms with Crippen molar-refractivity contribution in [3.05, 3.63) is 22.8 Å². The molecule has 1 aromatic heterocycles. The van der Waals surface area contributed by atoms with Gasteiger partial charge >= 0.3 is 0 Å². The molecule has 0 saturated carbocycles. The molecule has 1 saturated heterocycles. The van der Waals surface area contributed by atoms with Crippen LogP contribution < -0.4 is 5.32 Å². The van der Waals surface area contributed by atoms with E-state index in [2.05, 4.69) is 38.1 Å². The first-order valence-corrected chi connectivity index (χ1v) is 7.15. The van der Waals surface area contributed by atoms with Crippen LogP contribution in [0.4, 0.5) is 5.82 Å². The molecule has 2 heterocycles. The zero-order chi connectivity index (χ0) is 12.1. The van der Waals surface area contributed by atoms with E-state index in [1.54, 1.807) is 0 Å². The van der Waals surface area contributed by atoms with Crippen molar-refractivity contribution < 1.29 is 0 Å². The predicted octanol–water partition coefficient (Wildman–Crippen LogP) is 2.99. The number of likely N-dealkylation sites (tertiary alicyclic amines) is 1. The molecule has 3 nitrogen and oxygen atoms in total. The summed E-state index contributed by atoms with van der Waals surface area (Å²) in [5, 5.41) is 3.42. The monoisotopic (exact) mass is 297 g/mol. The Morgan fingerprint density at radius 3 is 2.76 bits per heavy atom. The average molecular weight is 298 g/mol. The Balaban J connectivity index is 1.74. The van der Waals surface area contributed by atoms with Gasteiger partial charge < -0.3 is 10.2 Å². The Labute approximate surface area is 112 Å². The fourth-order valence-corrected chi connectivity index (χ4v) is 2.47. The molecule has 0 aromatic carbocycles. The number of hydrogen-bond donors (Lipinski definition) is 1. The van der Waals surface area contributed by atoms with Crippen LogP contribution >= 0.6 is 15.9 Å². The van der Waals surface area contributed by atoms with Crippen LogP contribution in [0.15, 0.2) is 22.8 Å². The Hall–Kier alpha value is -0.610. The summed E-state index contributed by atoms with van der Waals surface area (Å²) in [5.74, 6) is 1.77. The lowest BCUT2D eigenvalue weighted by atomic mass is 9.97. The van der Waals surface area contributed by atoms with Crippen LogP contribution in [0.1, 0.15) is 19.8 Å². The average Bonchev–Trinajstić information content (AvgIpc) is 2.39. The van der Waals surface area contributed by atoms with E-state index in [1.165, 1.54) is 32.5 Å². The lowest BCUT2D eigenvalue weighted by molar-refractivity contribution is 0.198. The van der Waals surface area contributed by atoms with Crippen molar-refractivity contribution in [3.63, 3.8) is 0 Å². The quantitative estimate of drug-likeness (QED) is 0.926. The largest absolute Gasteiger partial charge is 0.370 e. The molecular weight excluding hydrogens is 278 g/mol. The van der Waals surface area contributed by atoms with E-state index in [0.29, 0.717) is 0 Å². The maximum Gasteiger partial charge on any atom is 0.125 e. The molecule has 1 N–H and O–H groups in total. The summed E-state index contributed by atoms with van der Waals surface area (Å²) in [7, 11) is 0. The number of piperidine rings is 1. The van der Waals surface area contributed by atoms with Gasteiger partial charge in [0, 0.05) is 17.2 Å². The highest BCUT2D eigenvalue weighted by molar-refractivity contribution is 9.10. The molecule has 0 amide bonds. The highest BCUT2D eigenvalue weighted by atomic mass is 79.9. The molecule has 0 bridgehead atoms. The van der Waals surface area contributed by atoms with Gasteiger partial charge in [0.25, 0.3) is 0 Å². The van der Waals surface area contributed by atoms with E-state index in [-0.39, 0.29) is 0 Å². The Morgan fingerprint density at radius 1 is 1.41 bits per heavy atom. The number of hydrogen-bond acceptors (Lipinski definition) is 3. The van der Waals surface area contributed by atoms with Crippen molar-refractivity contribution in [2.24, 2.45) is 5.92 Å².